The van der Waals surface area contributed by atoms with E-state index in [-0.39, 0.29) is 26.5 Å². The molecule has 8 heteroatoms. The fourth-order valence-corrected chi connectivity index (χ4v) is 4.96. The van der Waals surface area contributed by atoms with Crippen LogP contribution in [0.5, 0.6) is 5.75 Å². The number of carbonyl (C=O) groups excluding carboxylic acids is 3. The largest absolute Gasteiger partial charge is 0.497 e. The first kappa shape index (κ1) is 20.5. The zero-order valence-corrected chi connectivity index (χ0v) is 17.1. The Morgan fingerprint density at radius 2 is 1.48 bits per heavy atom. The molecule has 7 nitrogen and oxygen atoms in total. The lowest BCUT2D eigenvalue weighted by molar-refractivity contribution is 0.0474. The first-order valence-corrected chi connectivity index (χ1v) is 10.7. The number of methoxy groups -OCH3 is 1. The van der Waals surface area contributed by atoms with Crippen molar-refractivity contribution in [3.8, 4) is 5.75 Å². The van der Waals surface area contributed by atoms with E-state index in [0.29, 0.717) is 11.3 Å². The van der Waals surface area contributed by atoms with E-state index >= 15 is 0 Å². The Labute approximate surface area is 178 Å². The van der Waals surface area contributed by atoms with Gasteiger partial charge in [0.25, 0.3) is 0 Å². The Balaban J connectivity index is 1.56. The van der Waals surface area contributed by atoms with Crippen molar-refractivity contribution < 1.29 is 32.3 Å². The molecule has 3 aromatic rings. The van der Waals surface area contributed by atoms with E-state index in [2.05, 4.69) is 0 Å². The van der Waals surface area contributed by atoms with Crippen LogP contribution < -0.4 is 4.74 Å². The summed E-state index contributed by atoms with van der Waals surface area (Å²) in [5.74, 6) is -1.15. The predicted octanol–water partition coefficient (Wildman–Crippen LogP) is 3.11. The highest BCUT2D eigenvalue weighted by atomic mass is 32.2. The quantitative estimate of drug-likeness (QED) is 0.350. The molecule has 0 fully saturated rings. The monoisotopic (exact) mass is 436 g/mol. The van der Waals surface area contributed by atoms with Gasteiger partial charge in [0.05, 0.1) is 22.5 Å². The topological polar surface area (TPSA) is 104 Å². The van der Waals surface area contributed by atoms with Crippen molar-refractivity contribution in [3.63, 3.8) is 0 Å². The highest BCUT2D eigenvalue weighted by Gasteiger charge is 2.35. The lowest BCUT2D eigenvalue weighted by Gasteiger charge is -2.19. The Bertz CT molecular complexity index is 1320. The number of ketones is 2. The minimum atomic E-state index is -3.98. The molecule has 0 spiro atoms. The Kier molecular flexibility index (Phi) is 5.16. The van der Waals surface area contributed by atoms with E-state index in [9.17, 15) is 22.8 Å². The smallest absolute Gasteiger partial charge is 0.338 e. The average molecular weight is 436 g/mol. The Hall–Kier alpha value is -3.78. The number of carbonyl (C=O) groups is 3. The second kappa shape index (κ2) is 7.81. The number of hydrogen-bond acceptors (Lipinski definition) is 7. The van der Waals surface area contributed by atoms with Gasteiger partial charge >= 0.3 is 5.97 Å². The van der Waals surface area contributed by atoms with E-state index in [1.807, 2.05) is 0 Å². The Morgan fingerprint density at radius 1 is 0.839 bits per heavy atom. The molecule has 0 saturated carbocycles. The molecule has 0 unspecified atom stereocenters. The molecule has 0 aliphatic carbocycles. The third kappa shape index (κ3) is 3.62. The fraction of sp³-hybridized carbons (Fsp3) is 0.0870. The van der Waals surface area contributed by atoms with Crippen LogP contribution in [0.25, 0.3) is 0 Å². The van der Waals surface area contributed by atoms with Crippen molar-refractivity contribution in [2.24, 2.45) is 0 Å². The molecule has 1 aliphatic rings. The second-order valence-corrected chi connectivity index (χ2v) is 8.65. The normalized spacial score (nSPS) is 13.6. The van der Waals surface area contributed by atoms with Crippen LogP contribution in [0.2, 0.25) is 0 Å². The molecule has 1 aliphatic heterocycles. The van der Waals surface area contributed by atoms with Crippen molar-refractivity contribution in [3.05, 3.63) is 89.0 Å². The van der Waals surface area contributed by atoms with Gasteiger partial charge in [-0.3, -0.25) is 9.59 Å². The number of benzene rings is 3. The Morgan fingerprint density at radius 3 is 2.19 bits per heavy atom. The number of Topliss-reactive ketones (excluding diaryl/α,β-unsaturated/α-hetero) is 1. The van der Waals surface area contributed by atoms with Crippen LogP contribution in [0.4, 0.5) is 0 Å². The van der Waals surface area contributed by atoms with E-state index < -0.39 is 34.0 Å². The summed E-state index contributed by atoms with van der Waals surface area (Å²) in [5.41, 5.74) is 0.348. The molecule has 0 atom stereocenters. The summed E-state index contributed by atoms with van der Waals surface area (Å²) in [6.45, 7) is -0.517. The zero-order chi connectivity index (χ0) is 22.2. The van der Waals surface area contributed by atoms with E-state index in [1.165, 1.54) is 37.4 Å². The van der Waals surface area contributed by atoms with Crippen LogP contribution in [-0.4, -0.2) is 39.7 Å². The third-order valence-electron chi connectivity index (χ3n) is 4.92. The van der Waals surface area contributed by atoms with Crippen LogP contribution in [0, 0.1) is 0 Å². The SMILES string of the molecule is COc1ccc(C(=O)COC(=O)c2ccc3c(c2)S(=O)(=O)c2ccccc2C3=O)cc1. The number of fused-ring (bicyclic) bond motifs is 2. The summed E-state index contributed by atoms with van der Waals surface area (Å²) in [6, 6.07) is 15.9. The molecule has 0 amide bonds. The number of hydrogen-bond donors (Lipinski definition) is 0. The molecule has 31 heavy (non-hydrogen) atoms. The van der Waals surface area contributed by atoms with Gasteiger partial charge in [0.15, 0.2) is 18.2 Å². The van der Waals surface area contributed by atoms with Crippen molar-refractivity contribution in [2.75, 3.05) is 13.7 Å². The molecule has 3 aromatic carbocycles. The summed E-state index contributed by atoms with van der Waals surface area (Å²) in [6.07, 6.45) is 0. The van der Waals surface area contributed by atoms with Crippen LogP contribution in [-0.2, 0) is 14.6 Å². The summed E-state index contributed by atoms with van der Waals surface area (Å²) >= 11 is 0. The maximum atomic E-state index is 13.0. The average Bonchev–Trinajstić information content (AvgIpc) is 2.80. The number of rotatable bonds is 5. The zero-order valence-electron chi connectivity index (χ0n) is 16.3. The first-order valence-electron chi connectivity index (χ1n) is 9.20. The van der Waals surface area contributed by atoms with Gasteiger partial charge < -0.3 is 9.47 Å². The number of sulfone groups is 1. The van der Waals surface area contributed by atoms with Gasteiger partial charge in [-0.05, 0) is 54.6 Å². The highest BCUT2D eigenvalue weighted by Crippen LogP contribution is 2.34. The molecule has 4 rings (SSSR count). The van der Waals surface area contributed by atoms with Gasteiger partial charge in [-0.1, -0.05) is 12.1 Å². The summed E-state index contributed by atoms with van der Waals surface area (Å²) in [5, 5.41) is 0. The highest BCUT2D eigenvalue weighted by molar-refractivity contribution is 7.91. The lowest BCUT2D eigenvalue weighted by atomic mass is 10.0. The lowest BCUT2D eigenvalue weighted by Crippen LogP contribution is -2.21. The van der Waals surface area contributed by atoms with Crippen molar-refractivity contribution in [1.29, 1.82) is 0 Å². The standard InChI is InChI=1S/C23H16O7S/c1-29-16-9-6-14(7-10-16)19(24)13-30-23(26)15-8-11-18-21(12-15)31(27,28)20-5-3-2-4-17(20)22(18)25/h2-12H,13H2,1H3. The second-order valence-electron chi connectivity index (χ2n) is 6.77. The number of esters is 1. The maximum Gasteiger partial charge on any atom is 0.338 e. The fourth-order valence-electron chi connectivity index (χ4n) is 3.29. The summed E-state index contributed by atoms with van der Waals surface area (Å²) < 4.78 is 36.0. The summed E-state index contributed by atoms with van der Waals surface area (Å²) in [7, 11) is -2.48. The molecule has 0 saturated heterocycles. The molecule has 0 N–H and O–H groups in total. The van der Waals surface area contributed by atoms with Crippen molar-refractivity contribution in [2.45, 2.75) is 9.79 Å². The predicted molar refractivity (Wildman–Crippen MR) is 109 cm³/mol. The van der Waals surface area contributed by atoms with E-state index in [0.717, 1.165) is 6.07 Å². The minimum absolute atomic E-state index is 0.00967. The molecule has 0 aromatic heterocycles. The van der Waals surface area contributed by atoms with Gasteiger partial charge in [-0.2, -0.15) is 0 Å². The van der Waals surface area contributed by atoms with Crippen LogP contribution >= 0.6 is 0 Å². The summed E-state index contributed by atoms with van der Waals surface area (Å²) in [4.78, 5) is 37.0. The molecule has 1 heterocycles. The molecule has 0 bridgehead atoms. The maximum absolute atomic E-state index is 13.0. The van der Waals surface area contributed by atoms with Crippen LogP contribution in [0.1, 0.15) is 36.6 Å². The van der Waals surface area contributed by atoms with Gasteiger partial charge in [-0.25, -0.2) is 13.2 Å². The first-order chi connectivity index (χ1) is 14.8. The molecule has 0 radical (unpaired) electrons. The molecular formula is C23H16O7S. The van der Waals surface area contributed by atoms with Crippen LogP contribution in [0.3, 0.4) is 0 Å². The van der Waals surface area contributed by atoms with Crippen molar-refractivity contribution >= 4 is 27.4 Å². The molecule has 156 valence electrons. The minimum Gasteiger partial charge on any atom is -0.497 e. The van der Waals surface area contributed by atoms with Gasteiger partial charge in [0.2, 0.25) is 9.84 Å². The van der Waals surface area contributed by atoms with Gasteiger partial charge in [0, 0.05) is 16.7 Å². The van der Waals surface area contributed by atoms with Gasteiger partial charge in [0.1, 0.15) is 5.75 Å². The van der Waals surface area contributed by atoms with E-state index in [1.54, 1.807) is 30.3 Å². The van der Waals surface area contributed by atoms with E-state index in [4.69, 9.17) is 9.47 Å². The molecular weight excluding hydrogens is 420 g/mol. The third-order valence-corrected chi connectivity index (χ3v) is 6.77. The van der Waals surface area contributed by atoms with Crippen LogP contribution in [0.15, 0.2) is 76.5 Å². The van der Waals surface area contributed by atoms with Crippen molar-refractivity contribution in [1.82, 2.24) is 0 Å². The number of ether oxygens (including phenoxy) is 2. The van der Waals surface area contributed by atoms with Gasteiger partial charge in [-0.15, -0.1) is 0 Å².